The van der Waals surface area contributed by atoms with Gasteiger partial charge in [-0.1, -0.05) is 0 Å². The predicted molar refractivity (Wildman–Crippen MR) is 85.4 cm³/mol. The Morgan fingerprint density at radius 2 is 1.77 bits per heavy atom. The molecule has 0 aliphatic carbocycles. The summed E-state index contributed by atoms with van der Waals surface area (Å²) in [4.78, 5) is 0. The number of nitrogens with zero attached hydrogens (tertiary/aromatic N) is 2. The number of aromatic nitrogens is 2. The molecule has 5 heteroatoms. The summed E-state index contributed by atoms with van der Waals surface area (Å²) in [5.74, 6) is 2.65. The lowest BCUT2D eigenvalue weighted by atomic mass is 9.91. The van der Waals surface area contributed by atoms with Crippen LogP contribution in [0.5, 0.6) is 11.5 Å². The zero-order valence-electron chi connectivity index (χ0n) is 13.4. The summed E-state index contributed by atoms with van der Waals surface area (Å²) in [7, 11) is 1.86. The molecule has 2 aromatic rings. The second kappa shape index (κ2) is 4.41. The molecule has 0 fully saturated rings. The van der Waals surface area contributed by atoms with Gasteiger partial charge in [-0.3, -0.25) is 4.68 Å². The average Bonchev–Trinajstić information content (AvgIpc) is 3.12. The van der Waals surface area contributed by atoms with Crippen LogP contribution in [0.25, 0.3) is 11.1 Å². The van der Waals surface area contributed by atoms with E-state index in [-0.39, 0.29) is 12.2 Å². The van der Waals surface area contributed by atoms with E-state index in [0.717, 1.165) is 35.5 Å². The molecule has 0 amide bonds. The molecule has 2 N–H and O–H groups in total. The Bertz CT molecular complexity index is 740. The molecule has 3 heterocycles. The number of aryl methyl sites for hydroxylation is 1. The van der Waals surface area contributed by atoms with Gasteiger partial charge in [0.05, 0.1) is 6.20 Å². The highest BCUT2D eigenvalue weighted by Crippen LogP contribution is 2.51. The van der Waals surface area contributed by atoms with Gasteiger partial charge in [-0.25, -0.2) is 0 Å². The van der Waals surface area contributed by atoms with Gasteiger partial charge in [0.15, 0.2) is 0 Å². The highest BCUT2D eigenvalue weighted by atomic mass is 16.5. The van der Waals surface area contributed by atoms with Crippen LogP contribution in [0.3, 0.4) is 0 Å². The molecule has 0 saturated heterocycles. The number of rotatable bonds is 1. The van der Waals surface area contributed by atoms with Crippen molar-refractivity contribution in [3.8, 4) is 22.6 Å². The number of nitrogens with two attached hydrogens (primary N) is 1. The molecule has 2 atom stereocenters. The molecular formula is C17H21N3O2. The van der Waals surface area contributed by atoms with Crippen molar-refractivity contribution in [3.05, 3.63) is 22.9 Å². The van der Waals surface area contributed by atoms with Gasteiger partial charge >= 0.3 is 0 Å². The Labute approximate surface area is 130 Å². The van der Waals surface area contributed by atoms with E-state index < -0.39 is 0 Å². The Morgan fingerprint density at radius 1 is 1.14 bits per heavy atom. The van der Waals surface area contributed by atoms with Crippen LogP contribution in [0.1, 0.15) is 30.5 Å². The van der Waals surface area contributed by atoms with Crippen LogP contribution in [-0.2, 0) is 19.9 Å². The van der Waals surface area contributed by atoms with Crippen molar-refractivity contribution >= 4 is 5.82 Å². The molecule has 2 unspecified atom stereocenters. The summed E-state index contributed by atoms with van der Waals surface area (Å²) >= 11 is 0. The van der Waals surface area contributed by atoms with Gasteiger partial charge in [-0.15, -0.1) is 0 Å². The predicted octanol–water partition coefficient (Wildman–Crippen LogP) is 2.62. The molecule has 2 aliphatic rings. The molecule has 0 bridgehead atoms. The third-order valence-electron chi connectivity index (χ3n) is 4.75. The third-order valence-corrected chi connectivity index (χ3v) is 4.75. The van der Waals surface area contributed by atoms with Crippen LogP contribution in [-0.4, -0.2) is 22.0 Å². The fourth-order valence-electron chi connectivity index (χ4n) is 3.65. The molecule has 116 valence electrons. The first kappa shape index (κ1) is 13.5. The number of ether oxygens (including phenoxy) is 2. The SMILES string of the molecule is Cc1c2c(c(-c3cnn(C)c3N)c3c1OC(C)C3)OC(C)C2. The number of hydrogen-bond acceptors (Lipinski definition) is 4. The van der Waals surface area contributed by atoms with Gasteiger partial charge in [-0.05, 0) is 26.3 Å². The minimum atomic E-state index is 0.185. The van der Waals surface area contributed by atoms with E-state index >= 15 is 0 Å². The fourth-order valence-corrected chi connectivity index (χ4v) is 3.65. The zero-order chi connectivity index (χ0) is 15.6. The summed E-state index contributed by atoms with van der Waals surface area (Å²) in [5.41, 5.74) is 11.9. The first-order chi connectivity index (χ1) is 10.5. The van der Waals surface area contributed by atoms with Crippen LogP contribution in [0.4, 0.5) is 5.82 Å². The summed E-state index contributed by atoms with van der Waals surface area (Å²) in [6.45, 7) is 6.34. The first-order valence-corrected chi connectivity index (χ1v) is 7.76. The number of fused-ring (bicyclic) bond motifs is 2. The molecule has 2 aliphatic heterocycles. The minimum absolute atomic E-state index is 0.185. The van der Waals surface area contributed by atoms with Gasteiger partial charge in [0.25, 0.3) is 0 Å². The van der Waals surface area contributed by atoms with Crippen molar-refractivity contribution < 1.29 is 9.47 Å². The van der Waals surface area contributed by atoms with Gasteiger partial charge in [0.2, 0.25) is 0 Å². The van der Waals surface area contributed by atoms with E-state index in [0.29, 0.717) is 5.82 Å². The molecule has 22 heavy (non-hydrogen) atoms. The average molecular weight is 299 g/mol. The van der Waals surface area contributed by atoms with Crippen LogP contribution in [0.2, 0.25) is 0 Å². The number of anilines is 1. The Kier molecular flexibility index (Phi) is 2.71. The Morgan fingerprint density at radius 3 is 2.41 bits per heavy atom. The van der Waals surface area contributed by atoms with E-state index in [1.54, 1.807) is 4.68 Å². The summed E-state index contributed by atoms with van der Waals surface area (Å²) in [6.07, 6.45) is 4.00. The fraction of sp³-hybridized carbons (Fsp3) is 0.471. The maximum absolute atomic E-state index is 6.23. The number of hydrogen-bond donors (Lipinski definition) is 1. The van der Waals surface area contributed by atoms with E-state index in [2.05, 4.69) is 25.9 Å². The summed E-state index contributed by atoms with van der Waals surface area (Å²) in [6, 6.07) is 0. The maximum atomic E-state index is 6.23. The van der Waals surface area contributed by atoms with Gasteiger partial charge in [-0.2, -0.15) is 5.10 Å². The van der Waals surface area contributed by atoms with E-state index in [4.69, 9.17) is 15.2 Å². The quantitative estimate of drug-likeness (QED) is 0.879. The zero-order valence-corrected chi connectivity index (χ0v) is 13.4. The van der Waals surface area contributed by atoms with Crippen molar-refractivity contribution in [1.29, 1.82) is 0 Å². The standard InChI is InChI=1S/C17H21N3O2/c1-8-5-11-10(3)15-12(6-9(2)21-15)14(16(11)22-8)13-7-19-20(4)17(13)18/h7-9H,5-6,18H2,1-4H3. The molecule has 1 aromatic heterocycles. The lowest BCUT2D eigenvalue weighted by Gasteiger charge is -2.15. The van der Waals surface area contributed by atoms with Crippen LogP contribution >= 0.6 is 0 Å². The smallest absolute Gasteiger partial charge is 0.131 e. The van der Waals surface area contributed by atoms with Crippen molar-refractivity contribution in [2.24, 2.45) is 7.05 Å². The largest absolute Gasteiger partial charge is 0.490 e. The van der Waals surface area contributed by atoms with Gasteiger partial charge < -0.3 is 15.2 Å². The highest BCUT2D eigenvalue weighted by Gasteiger charge is 2.35. The monoisotopic (exact) mass is 299 g/mol. The van der Waals surface area contributed by atoms with Crippen LogP contribution in [0, 0.1) is 6.92 Å². The van der Waals surface area contributed by atoms with Crippen LogP contribution < -0.4 is 15.2 Å². The molecule has 4 rings (SSSR count). The second-order valence-corrected chi connectivity index (χ2v) is 6.45. The lowest BCUT2D eigenvalue weighted by molar-refractivity contribution is 0.252. The molecular weight excluding hydrogens is 278 g/mol. The van der Waals surface area contributed by atoms with Gasteiger partial charge in [0.1, 0.15) is 29.5 Å². The molecule has 1 aromatic carbocycles. The highest BCUT2D eigenvalue weighted by molar-refractivity contribution is 5.86. The van der Waals surface area contributed by atoms with Crippen LogP contribution in [0.15, 0.2) is 6.20 Å². The Balaban J connectivity index is 2.04. The summed E-state index contributed by atoms with van der Waals surface area (Å²) < 4.78 is 13.9. The van der Waals surface area contributed by atoms with E-state index in [1.807, 2.05) is 13.2 Å². The molecule has 0 spiro atoms. The number of nitrogen functional groups attached to an aromatic ring is 1. The molecule has 0 radical (unpaired) electrons. The van der Waals surface area contributed by atoms with Gasteiger partial charge in [0, 0.05) is 42.1 Å². The van der Waals surface area contributed by atoms with E-state index in [1.165, 1.54) is 16.7 Å². The maximum Gasteiger partial charge on any atom is 0.131 e. The topological polar surface area (TPSA) is 62.3 Å². The summed E-state index contributed by atoms with van der Waals surface area (Å²) in [5, 5.41) is 4.30. The molecule has 0 saturated carbocycles. The third kappa shape index (κ3) is 1.68. The van der Waals surface area contributed by atoms with Crippen molar-refractivity contribution in [2.75, 3.05) is 5.73 Å². The first-order valence-electron chi connectivity index (χ1n) is 7.76. The normalized spacial score (nSPS) is 22.2. The molecule has 5 nitrogen and oxygen atoms in total. The van der Waals surface area contributed by atoms with Crippen molar-refractivity contribution in [2.45, 2.75) is 45.8 Å². The second-order valence-electron chi connectivity index (χ2n) is 6.45. The minimum Gasteiger partial charge on any atom is -0.490 e. The van der Waals surface area contributed by atoms with Crippen molar-refractivity contribution in [3.63, 3.8) is 0 Å². The Hall–Kier alpha value is -2.17. The lowest BCUT2D eigenvalue weighted by Crippen LogP contribution is -2.07. The van der Waals surface area contributed by atoms with Crippen molar-refractivity contribution in [1.82, 2.24) is 9.78 Å². The number of benzene rings is 1. The van der Waals surface area contributed by atoms with E-state index in [9.17, 15) is 0 Å².